The first kappa shape index (κ1) is 11.0. The lowest BCUT2D eigenvalue weighted by atomic mass is 10.1. The van der Waals surface area contributed by atoms with Gasteiger partial charge in [-0.15, -0.1) is 0 Å². The molecule has 2 heteroatoms. The Labute approximate surface area is 100 Å². The fourth-order valence-electron chi connectivity index (χ4n) is 1.59. The second kappa shape index (κ2) is 4.99. The lowest BCUT2D eigenvalue weighted by Crippen LogP contribution is -1.92. The van der Waals surface area contributed by atoms with E-state index in [1.165, 1.54) is 11.1 Å². The molecule has 1 aromatic carbocycles. The number of rotatable bonds is 4. The topological polar surface area (TPSA) is 9.23 Å². The Balaban J connectivity index is 2.44. The summed E-state index contributed by atoms with van der Waals surface area (Å²) < 4.78 is 5.54. The highest BCUT2D eigenvalue weighted by atomic mass is 32.1. The van der Waals surface area contributed by atoms with Crippen LogP contribution in [0.4, 0.5) is 0 Å². The quantitative estimate of drug-likeness (QED) is 0.753. The molecule has 2 rings (SSSR count). The third-order valence-corrected chi connectivity index (χ3v) is 3.01. The summed E-state index contributed by atoms with van der Waals surface area (Å²) in [6, 6.07) is 8.31. The van der Waals surface area contributed by atoms with Crippen molar-refractivity contribution in [1.82, 2.24) is 0 Å². The molecular formula is C14H14OS. The van der Waals surface area contributed by atoms with Crippen LogP contribution in [-0.4, -0.2) is 6.61 Å². The average molecular weight is 230 g/mol. The molecule has 0 saturated carbocycles. The summed E-state index contributed by atoms with van der Waals surface area (Å²) in [5.41, 5.74) is 3.50. The molecule has 0 bridgehead atoms. The molecule has 0 unspecified atom stereocenters. The van der Waals surface area contributed by atoms with Crippen molar-refractivity contribution in [2.45, 2.75) is 6.92 Å². The zero-order chi connectivity index (χ0) is 11.4. The minimum Gasteiger partial charge on any atom is -0.494 e. The SMILES string of the molecule is C=Cc1cc(OCC)cc(-c2ccsc2)c1. The number of benzene rings is 1. The van der Waals surface area contributed by atoms with Gasteiger partial charge < -0.3 is 4.74 Å². The van der Waals surface area contributed by atoms with Gasteiger partial charge in [-0.05, 0) is 58.6 Å². The summed E-state index contributed by atoms with van der Waals surface area (Å²) in [6.45, 7) is 6.48. The lowest BCUT2D eigenvalue weighted by Gasteiger charge is -2.07. The molecule has 1 nitrogen and oxygen atoms in total. The van der Waals surface area contributed by atoms with E-state index in [0.29, 0.717) is 6.61 Å². The van der Waals surface area contributed by atoms with Crippen molar-refractivity contribution in [3.63, 3.8) is 0 Å². The molecule has 1 heterocycles. The van der Waals surface area contributed by atoms with Gasteiger partial charge in [0.2, 0.25) is 0 Å². The second-order valence-corrected chi connectivity index (χ2v) is 4.22. The van der Waals surface area contributed by atoms with Crippen molar-refractivity contribution in [3.8, 4) is 16.9 Å². The molecule has 0 fully saturated rings. The molecule has 0 amide bonds. The van der Waals surface area contributed by atoms with E-state index < -0.39 is 0 Å². The fourth-order valence-corrected chi connectivity index (χ4v) is 2.25. The zero-order valence-electron chi connectivity index (χ0n) is 9.27. The van der Waals surface area contributed by atoms with Crippen LogP contribution < -0.4 is 4.74 Å². The summed E-state index contributed by atoms with van der Waals surface area (Å²) in [7, 11) is 0. The first-order valence-electron chi connectivity index (χ1n) is 5.26. The highest BCUT2D eigenvalue weighted by Crippen LogP contribution is 2.28. The molecule has 0 aliphatic carbocycles. The Hall–Kier alpha value is -1.54. The van der Waals surface area contributed by atoms with Crippen LogP contribution in [0.5, 0.6) is 5.75 Å². The number of ether oxygens (including phenoxy) is 1. The van der Waals surface area contributed by atoms with Crippen molar-refractivity contribution in [2.24, 2.45) is 0 Å². The monoisotopic (exact) mass is 230 g/mol. The summed E-state index contributed by atoms with van der Waals surface area (Å²) in [6.07, 6.45) is 1.85. The highest BCUT2D eigenvalue weighted by molar-refractivity contribution is 7.08. The molecule has 0 aliphatic heterocycles. The molecular weight excluding hydrogens is 216 g/mol. The van der Waals surface area contributed by atoms with E-state index in [9.17, 15) is 0 Å². The van der Waals surface area contributed by atoms with Crippen molar-refractivity contribution in [3.05, 3.63) is 47.2 Å². The van der Waals surface area contributed by atoms with Gasteiger partial charge >= 0.3 is 0 Å². The molecule has 16 heavy (non-hydrogen) atoms. The summed E-state index contributed by atoms with van der Waals surface area (Å²) in [4.78, 5) is 0. The maximum Gasteiger partial charge on any atom is 0.120 e. The van der Waals surface area contributed by atoms with Gasteiger partial charge in [-0.25, -0.2) is 0 Å². The summed E-state index contributed by atoms with van der Waals surface area (Å²) in [5, 5.41) is 4.22. The van der Waals surface area contributed by atoms with E-state index in [0.717, 1.165) is 11.3 Å². The molecule has 0 radical (unpaired) electrons. The number of hydrogen-bond donors (Lipinski definition) is 0. The van der Waals surface area contributed by atoms with Gasteiger partial charge in [0.15, 0.2) is 0 Å². The van der Waals surface area contributed by atoms with Gasteiger partial charge in [0.05, 0.1) is 6.61 Å². The van der Waals surface area contributed by atoms with E-state index in [1.807, 2.05) is 19.1 Å². The third kappa shape index (κ3) is 2.34. The predicted molar refractivity (Wildman–Crippen MR) is 71.0 cm³/mol. The Morgan fingerprint density at radius 2 is 2.19 bits per heavy atom. The van der Waals surface area contributed by atoms with Crippen LogP contribution in [0.1, 0.15) is 12.5 Å². The fraction of sp³-hybridized carbons (Fsp3) is 0.143. The van der Waals surface area contributed by atoms with Gasteiger partial charge in [-0.2, -0.15) is 11.3 Å². The normalized spacial score (nSPS) is 10.1. The van der Waals surface area contributed by atoms with Gasteiger partial charge in [-0.1, -0.05) is 12.7 Å². The Kier molecular flexibility index (Phi) is 3.42. The minimum absolute atomic E-state index is 0.684. The van der Waals surface area contributed by atoms with E-state index in [-0.39, 0.29) is 0 Å². The van der Waals surface area contributed by atoms with Crippen molar-refractivity contribution in [1.29, 1.82) is 0 Å². The van der Waals surface area contributed by atoms with Gasteiger partial charge in [0.25, 0.3) is 0 Å². The third-order valence-electron chi connectivity index (χ3n) is 2.33. The van der Waals surface area contributed by atoms with Crippen molar-refractivity contribution >= 4 is 17.4 Å². The molecule has 0 spiro atoms. The maximum atomic E-state index is 5.54. The molecule has 1 aromatic heterocycles. The van der Waals surface area contributed by atoms with Gasteiger partial charge in [0, 0.05) is 0 Å². The van der Waals surface area contributed by atoms with Crippen molar-refractivity contribution < 1.29 is 4.74 Å². The first-order valence-corrected chi connectivity index (χ1v) is 6.20. The number of hydrogen-bond acceptors (Lipinski definition) is 2. The smallest absolute Gasteiger partial charge is 0.120 e. The van der Waals surface area contributed by atoms with Crippen LogP contribution in [0, 0.1) is 0 Å². The van der Waals surface area contributed by atoms with Crippen LogP contribution in [0.3, 0.4) is 0 Å². The number of thiophene rings is 1. The second-order valence-electron chi connectivity index (χ2n) is 3.44. The Morgan fingerprint density at radius 3 is 2.81 bits per heavy atom. The Morgan fingerprint density at radius 1 is 1.31 bits per heavy atom. The summed E-state index contributed by atoms with van der Waals surface area (Å²) >= 11 is 1.70. The van der Waals surface area contributed by atoms with Crippen molar-refractivity contribution in [2.75, 3.05) is 6.61 Å². The highest BCUT2D eigenvalue weighted by Gasteiger charge is 2.02. The van der Waals surface area contributed by atoms with E-state index >= 15 is 0 Å². The molecule has 0 aliphatic rings. The largest absolute Gasteiger partial charge is 0.494 e. The van der Waals surface area contributed by atoms with E-state index in [4.69, 9.17) is 4.74 Å². The van der Waals surface area contributed by atoms with Gasteiger partial charge in [0.1, 0.15) is 5.75 Å². The van der Waals surface area contributed by atoms with Crippen LogP contribution in [0.15, 0.2) is 41.6 Å². The van der Waals surface area contributed by atoms with Gasteiger partial charge in [-0.3, -0.25) is 0 Å². The molecule has 0 N–H and O–H groups in total. The van der Waals surface area contributed by atoms with E-state index in [1.54, 1.807) is 11.3 Å². The average Bonchev–Trinajstić information content (AvgIpc) is 2.82. The lowest BCUT2D eigenvalue weighted by molar-refractivity contribution is 0.340. The molecule has 2 aromatic rings. The summed E-state index contributed by atoms with van der Waals surface area (Å²) in [5.74, 6) is 0.904. The van der Waals surface area contributed by atoms with Crippen LogP contribution in [0.25, 0.3) is 17.2 Å². The van der Waals surface area contributed by atoms with Crippen LogP contribution in [0.2, 0.25) is 0 Å². The molecule has 0 atom stereocenters. The van der Waals surface area contributed by atoms with Crippen LogP contribution in [-0.2, 0) is 0 Å². The Bertz CT molecular complexity index is 471. The zero-order valence-corrected chi connectivity index (χ0v) is 10.1. The standard InChI is InChI=1S/C14H14OS/c1-3-11-7-13(12-5-6-16-10-12)9-14(8-11)15-4-2/h3,5-10H,1,4H2,2H3. The van der Waals surface area contributed by atoms with Crippen LogP contribution >= 0.6 is 11.3 Å². The van der Waals surface area contributed by atoms with E-state index in [2.05, 4.69) is 35.5 Å². The predicted octanol–water partition coefficient (Wildman–Crippen LogP) is 4.46. The maximum absolute atomic E-state index is 5.54. The molecule has 82 valence electrons. The molecule has 0 saturated heterocycles. The minimum atomic E-state index is 0.684. The first-order chi connectivity index (χ1) is 7.83.